The molecule has 1 aliphatic heterocycles. The molecule has 0 amide bonds. The van der Waals surface area contributed by atoms with Crippen molar-refractivity contribution in [2.45, 2.75) is 0 Å². The van der Waals surface area contributed by atoms with Crippen molar-refractivity contribution in [3.8, 4) is 78.3 Å². The molecule has 0 bridgehead atoms. The SMILES string of the molecule is c1ccc(-c2ccc(-c3ccc(N(c4ccc(-c5ccc6ccccc6c5)cc4)c4cccc(-c5ccc6c(c5)-c5cccc7cccc(c57)O6)c4)cc3)cc2-c2ccccc2)cc1. The molecule has 2 nitrogen and oxygen atoms in total. The van der Waals surface area contributed by atoms with E-state index < -0.39 is 0 Å². The van der Waals surface area contributed by atoms with Crippen LogP contribution in [0.3, 0.4) is 0 Å². The van der Waals surface area contributed by atoms with Crippen molar-refractivity contribution in [1.82, 2.24) is 0 Å². The van der Waals surface area contributed by atoms with Crippen molar-refractivity contribution < 1.29 is 4.74 Å². The summed E-state index contributed by atoms with van der Waals surface area (Å²) >= 11 is 0. The molecule has 300 valence electrons. The second-order valence-electron chi connectivity index (χ2n) is 16.5. The Hall–Kier alpha value is -8.46. The van der Waals surface area contributed by atoms with Crippen molar-refractivity contribution in [3.63, 3.8) is 0 Å². The number of nitrogens with zero attached hydrogens (tertiary/aromatic N) is 1. The summed E-state index contributed by atoms with van der Waals surface area (Å²) in [6.45, 7) is 0. The number of hydrogen-bond donors (Lipinski definition) is 0. The summed E-state index contributed by atoms with van der Waals surface area (Å²) in [6.07, 6.45) is 0. The van der Waals surface area contributed by atoms with Crippen LogP contribution in [0.4, 0.5) is 17.1 Å². The minimum atomic E-state index is 0.880. The van der Waals surface area contributed by atoms with E-state index in [0.29, 0.717) is 0 Å². The fourth-order valence-corrected chi connectivity index (χ4v) is 9.44. The van der Waals surface area contributed by atoms with Gasteiger partial charge in [0.25, 0.3) is 0 Å². The van der Waals surface area contributed by atoms with Crippen molar-refractivity contribution in [2.24, 2.45) is 0 Å². The summed E-state index contributed by atoms with van der Waals surface area (Å²) < 4.78 is 6.47. The van der Waals surface area contributed by atoms with E-state index in [0.717, 1.165) is 56.2 Å². The van der Waals surface area contributed by atoms with Gasteiger partial charge in [-0.1, -0.05) is 182 Å². The zero-order chi connectivity index (χ0) is 42.4. The zero-order valence-electron chi connectivity index (χ0n) is 35.0. The van der Waals surface area contributed by atoms with Crippen LogP contribution >= 0.6 is 0 Å². The zero-order valence-corrected chi connectivity index (χ0v) is 35.0. The Kier molecular flexibility index (Phi) is 9.20. The van der Waals surface area contributed by atoms with Crippen molar-refractivity contribution >= 4 is 38.6 Å². The van der Waals surface area contributed by atoms with E-state index in [4.69, 9.17) is 4.74 Å². The molecule has 2 heteroatoms. The molecular weight excluding hydrogens is 775 g/mol. The first-order chi connectivity index (χ1) is 31.7. The highest BCUT2D eigenvalue weighted by Crippen LogP contribution is 2.48. The fourth-order valence-electron chi connectivity index (χ4n) is 9.44. The van der Waals surface area contributed by atoms with Crippen LogP contribution in [0.2, 0.25) is 0 Å². The van der Waals surface area contributed by atoms with Crippen LogP contribution in [-0.2, 0) is 0 Å². The fraction of sp³-hybridized carbons (Fsp3) is 0. The molecular formula is C62H41NO. The van der Waals surface area contributed by atoms with Gasteiger partial charge >= 0.3 is 0 Å². The minimum absolute atomic E-state index is 0.880. The lowest BCUT2D eigenvalue weighted by Gasteiger charge is -2.27. The minimum Gasteiger partial charge on any atom is -0.456 e. The highest BCUT2D eigenvalue weighted by molar-refractivity contribution is 6.04. The molecule has 0 atom stereocenters. The quantitative estimate of drug-likeness (QED) is 0.151. The highest BCUT2D eigenvalue weighted by Gasteiger charge is 2.21. The molecule has 0 aromatic heterocycles. The van der Waals surface area contributed by atoms with E-state index >= 15 is 0 Å². The van der Waals surface area contributed by atoms with Crippen LogP contribution in [0.5, 0.6) is 11.5 Å². The maximum atomic E-state index is 6.47. The van der Waals surface area contributed by atoms with Gasteiger partial charge in [-0.2, -0.15) is 0 Å². The summed E-state index contributed by atoms with van der Waals surface area (Å²) in [5.74, 6) is 1.79. The highest BCUT2D eigenvalue weighted by atomic mass is 16.5. The van der Waals surface area contributed by atoms with Gasteiger partial charge in [0.15, 0.2) is 0 Å². The predicted octanol–water partition coefficient (Wildman–Crippen LogP) is 17.6. The van der Waals surface area contributed by atoms with Crippen molar-refractivity contribution in [1.29, 1.82) is 0 Å². The van der Waals surface area contributed by atoms with Gasteiger partial charge in [-0.05, 0) is 144 Å². The maximum Gasteiger partial charge on any atom is 0.135 e. The van der Waals surface area contributed by atoms with Gasteiger partial charge in [0, 0.05) is 28.0 Å². The number of ether oxygens (including phenoxy) is 1. The Bertz CT molecular complexity index is 3500. The van der Waals surface area contributed by atoms with E-state index in [1.807, 2.05) is 0 Å². The maximum absolute atomic E-state index is 6.47. The molecule has 1 heterocycles. The summed E-state index contributed by atoms with van der Waals surface area (Å²) in [6, 6.07) is 89.7. The molecule has 0 unspecified atom stereocenters. The van der Waals surface area contributed by atoms with Crippen LogP contribution in [-0.4, -0.2) is 0 Å². The van der Waals surface area contributed by atoms with Crippen LogP contribution < -0.4 is 9.64 Å². The normalized spacial score (nSPS) is 11.6. The first-order valence-corrected chi connectivity index (χ1v) is 21.9. The average Bonchev–Trinajstić information content (AvgIpc) is 3.37. The first kappa shape index (κ1) is 37.3. The third-order valence-electron chi connectivity index (χ3n) is 12.7. The van der Waals surface area contributed by atoms with Gasteiger partial charge in [0.1, 0.15) is 11.5 Å². The number of rotatable bonds is 8. The van der Waals surface area contributed by atoms with Crippen LogP contribution in [0.15, 0.2) is 249 Å². The molecule has 1 aliphatic rings. The van der Waals surface area contributed by atoms with Gasteiger partial charge in [0.2, 0.25) is 0 Å². The Morgan fingerprint density at radius 1 is 0.234 bits per heavy atom. The standard InChI is InChI=1S/C62H41NO/c1-3-13-45(14-4-1)56-36-30-51(40-58(56)46-15-5-2-6-16-46)44-28-34-54(35-29-44)63(53-32-26-43(27-33-53)50-25-24-42-12-7-8-17-48(42)38-50)55-21-9-20-49(39-55)52-31-37-60-59(41-52)57-22-10-18-47-19-11-23-61(64-60)62(47)57/h1-41H. The Balaban J connectivity index is 0.940. The molecule has 0 spiro atoms. The predicted molar refractivity (Wildman–Crippen MR) is 269 cm³/mol. The van der Waals surface area contributed by atoms with Crippen LogP contribution in [0.1, 0.15) is 0 Å². The van der Waals surface area contributed by atoms with E-state index in [2.05, 4.69) is 254 Å². The van der Waals surface area contributed by atoms with E-state index in [9.17, 15) is 0 Å². The first-order valence-electron chi connectivity index (χ1n) is 21.9. The lowest BCUT2D eigenvalue weighted by Crippen LogP contribution is -2.10. The lowest BCUT2D eigenvalue weighted by atomic mass is 9.91. The molecule has 0 saturated heterocycles. The van der Waals surface area contributed by atoms with Crippen LogP contribution in [0, 0.1) is 0 Å². The molecule has 12 rings (SSSR count). The van der Waals surface area contributed by atoms with Gasteiger partial charge in [-0.25, -0.2) is 0 Å². The van der Waals surface area contributed by atoms with Gasteiger partial charge < -0.3 is 9.64 Å². The summed E-state index contributed by atoms with van der Waals surface area (Å²) in [4.78, 5) is 2.36. The molecule has 64 heavy (non-hydrogen) atoms. The largest absolute Gasteiger partial charge is 0.456 e. The molecule has 0 saturated carbocycles. The smallest absolute Gasteiger partial charge is 0.135 e. The Labute approximate surface area is 373 Å². The molecule has 11 aromatic carbocycles. The topological polar surface area (TPSA) is 12.5 Å². The van der Waals surface area contributed by atoms with E-state index in [1.165, 1.54) is 60.7 Å². The van der Waals surface area contributed by atoms with Crippen molar-refractivity contribution in [2.75, 3.05) is 4.90 Å². The molecule has 0 radical (unpaired) electrons. The summed E-state index contributed by atoms with van der Waals surface area (Å²) in [5, 5.41) is 4.83. The molecule has 0 N–H and O–H groups in total. The number of benzene rings is 11. The number of hydrogen-bond acceptors (Lipinski definition) is 2. The summed E-state index contributed by atoms with van der Waals surface area (Å²) in [5.41, 5.74) is 17.4. The number of anilines is 3. The Morgan fingerprint density at radius 2 is 0.750 bits per heavy atom. The monoisotopic (exact) mass is 815 g/mol. The third-order valence-corrected chi connectivity index (χ3v) is 12.7. The Morgan fingerprint density at radius 3 is 1.48 bits per heavy atom. The molecule has 11 aromatic rings. The van der Waals surface area contributed by atoms with E-state index in [-0.39, 0.29) is 0 Å². The second kappa shape index (κ2) is 15.8. The molecule has 0 aliphatic carbocycles. The number of fused-ring (bicyclic) bond motifs is 3. The van der Waals surface area contributed by atoms with Gasteiger partial charge in [-0.15, -0.1) is 0 Å². The van der Waals surface area contributed by atoms with E-state index in [1.54, 1.807) is 0 Å². The summed E-state index contributed by atoms with van der Waals surface area (Å²) in [7, 11) is 0. The lowest BCUT2D eigenvalue weighted by molar-refractivity contribution is 0.487. The van der Waals surface area contributed by atoms with Gasteiger partial charge in [-0.3, -0.25) is 0 Å². The molecule has 0 fully saturated rings. The van der Waals surface area contributed by atoms with Gasteiger partial charge in [0.05, 0.1) is 0 Å². The second-order valence-corrected chi connectivity index (χ2v) is 16.5. The average molecular weight is 816 g/mol. The van der Waals surface area contributed by atoms with Crippen molar-refractivity contribution in [3.05, 3.63) is 249 Å². The third kappa shape index (κ3) is 6.79. The van der Waals surface area contributed by atoms with Crippen LogP contribution in [0.25, 0.3) is 88.3 Å².